The number of carbonyl (C=O) groups excluding carboxylic acids is 2. The Morgan fingerprint density at radius 1 is 0.613 bits per heavy atom. The Morgan fingerprint density at radius 2 is 1.02 bits per heavy atom. The summed E-state index contributed by atoms with van der Waals surface area (Å²) in [6.45, 7) is 0.490. The van der Waals surface area contributed by atoms with Gasteiger partial charge in [-0.3, -0.25) is 4.79 Å². The Kier molecular flexibility index (Phi) is 28.6. The summed E-state index contributed by atoms with van der Waals surface area (Å²) in [6.07, 6.45) is 27.7. The van der Waals surface area contributed by atoms with Gasteiger partial charge in [0.25, 0.3) is 0 Å². The van der Waals surface area contributed by atoms with Crippen LogP contribution in [0.25, 0.3) is 16.7 Å². The van der Waals surface area contributed by atoms with E-state index in [0.29, 0.717) is 59.0 Å². The number of nitrogens with one attached hydrogen (secondary N) is 2. The minimum absolute atomic E-state index is 0.0949. The number of hydrogen-bond acceptors (Lipinski definition) is 7. The molecule has 1 aromatic heterocycles. The zero-order chi connectivity index (χ0) is 58.0. The van der Waals surface area contributed by atoms with Gasteiger partial charge in [-0.2, -0.15) is 0 Å². The average Bonchev–Trinajstić information content (AvgIpc) is 4.35. The predicted octanol–water partition coefficient (Wildman–Crippen LogP) is 14.2. The van der Waals surface area contributed by atoms with Crippen molar-refractivity contribution in [3.05, 3.63) is 193 Å². The first-order valence-corrected chi connectivity index (χ1v) is 29.3. The lowest BCUT2D eigenvalue weighted by Gasteiger charge is -2.15. The van der Waals surface area contributed by atoms with E-state index in [1.165, 1.54) is 64.3 Å². The van der Waals surface area contributed by atoms with E-state index in [9.17, 15) is 27.2 Å². The third-order valence-corrected chi connectivity index (χ3v) is 16.7. The van der Waals surface area contributed by atoms with E-state index in [1.54, 1.807) is 43.3 Å². The van der Waals surface area contributed by atoms with Gasteiger partial charge in [0.2, 0.25) is 5.91 Å². The molecule has 1 amide bonds. The topological polar surface area (TPSA) is 150 Å². The molecule has 5 unspecified atom stereocenters. The molecule has 0 radical (unpaired) electrons. The predicted molar refractivity (Wildman–Crippen MR) is 324 cm³/mol. The van der Waals surface area contributed by atoms with Crippen molar-refractivity contribution < 1.29 is 47.4 Å². The molecule has 17 heteroatoms. The molecular weight excluding hydrogens is 1170 g/mol. The number of aldehydes is 1. The number of hydrogen-bond donors (Lipinski definition) is 6. The third-order valence-electron chi connectivity index (χ3n) is 14.6. The lowest BCUT2D eigenvalue weighted by molar-refractivity contribution is -0.129. The number of imidazole rings is 1. The maximum atomic E-state index is 13.9. The van der Waals surface area contributed by atoms with Crippen LogP contribution in [-0.2, 0) is 16.0 Å². The molecule has 6 N–H and O–H groups in total. The number of H-pyrrole nitrogens is 2. The highest BCUT2D eigenvalue weighted by Crippen LogP contribution is 2.39. The normalized spacial score (nSPS) is 19.5. The maximum absolute atomic E-state index is 13.9. The van der Waals surface area contributed by atoms with E-state index in [4.69, 9.17) is 32.5 Å². The van der Waals surface area contributed by atoms with Crippen LogP contribution in [0.3, 0.4) is 0 Å². The smallest absolute Gasteiger partial charge is 0.423 e. The number of allylic oxidation sites excluding steroid dienone is 10. The molecule has 0 saturated carbocycles. The van der Waals surface area contributed by atoms with Gasteiger partial charge < -0.3 is 39.9 Å². The van der Waals surface area contributed by atoms with Gasteiger partial charge in [-0.15, -0.1) is 0 Å². The second-order valence-corrected chi connectivity index (χ2v) is 22.5. The van der Waals surface area contributed by atoms with Crippen LogP contribution < -0.4 is 5.46 Å². The summed E-state index contributed by atoms with van der Waals surface area (Å²) in [6, 6.07) is 26.1. The number of benzene rings is 4. The van der Waals surface area contributed by atoms with Crippen LogP contribution in [0, 0.1) is 57.6 Å². The Morgan fingerprint density at radius 3 is 1.44 bits per heavy atom. The largest absolute Gasteiger partial charge is 0.491 e. The molecule has 5 aromatic rings. The summed E-state index contributed by atoms with van der Waals surface area (Å²) in [5, 5.41) is 34.6. The number of aromatic nitrogens is 2. The minimum atomic E-state index is -1.72. The number of aliphatic hydroxyl groups is 2. The van der Waals surface area contributed by atoms with Crippen molar-refractivity contribution in [3.63, 3.8) is 0 Å². The van der Waals surface area contributed by atoms with Crippen molar-refractivity contribution in [1.82, 2.24) is 14.9 Å². The van der Waals surface area contributed by atoms with Gasteiger partial charge in [-0.1, -0.05) is 135 Å². The van der Waals surface area contributed by atoms with Crippen molar-refractivity contribution in [1.29, 1.82) is 0 Å². The van der Waals surface area contributed by atoms with Gasteiger partial charge >= 0.3 is 7.12 Å². The van der Waals surface area contributed by atoms with Crippen molar-refractivity contribution in [3.8, 4) is 0 Å². The molecule has 5 atom stereocenters. The first-order chi connectivity index (χ1) is 38.6. The van der Waals surface area contributed by atoms with E-state index in [-0.39, 0.29) is 41.3 Å². The molecule has 9 nitrogen and oxygen atoms in total. The summed E-state index contributed by atoms with van der Waals surface area (Å²) in [7, 11) is 1.88. The molecule has 80 heavy (non-hydrogen) atoms. The van der Waals surface area contributed by atoms with Crippen molar-refractivity contribution >= 4 is 85.6 Å². The molecule has 1 heterocycles. The zero-order valence-electron chi connectivity index (χ0n) is 45.5. The highest BCUT2D eigenvalue weighted by molar-refractivity contribution is 9.12. The van der Waals surface area contributed by atoms with Crippen molar-refractivity contribution in [2.45, 2.75) is 96.3 Å². The molecule has 0 spiro atoms. The molecule has 5 aliphatic rings. The lowest BCUT2D eigenvalue weighted by Crippen LogP contribution is -2.32. The number of aliphatic hydroxyl groups excluding tert-OH is 2. The summed E-state index contributed by atoms with van der Waals surface area (Å²) in [5.74, 6) is 1.06. The number of rotatable bonds is 14. The summed E-state index contributed by atoms with van der Waals surface area (Å²) < 4.78 is 56.6. The van der Waals surface area contributed by atoms with Gasteiger partial charge in [0.15, 0.2) is 4.77 Å². The van der Waals surface area contributed by atoms with Gasteiger partial charge in [-0.05, 0) is 175 Å². The zero-order valence-corrected chi connectivity index (χ0v) is 49.5. The first-order valence-electron chi connectivity index (χ1n) is 27.3. The average molecular weight is 1250 g/mol. The second kappa shape index (κ2) is 34.9. The molecule has 0 aliphatic heterocycles. The standard InChI is InChI=1S/C15H15FN2S.C13H15FO.C13H13FO.C9H14BrNO.C7H11BrO.C6H6BFO2/c16-14-7-2-1-5-13(14)12-6-3-4-10(12)8-11-9-17-15(19)18-11;2*14-13-7-2-1-5-12(13)11-6-3-4-10(11)8-9-15;1-11(2)9(12)6-7-4-3-5-8(7)10;8-7-3-1-2-6(7)4-5-9;8-6-4-2-1-3-5(6)7(9)10/h1-2,5-7,9-10H,3-4,8H2,(H2,17,18,19);1-2,5-7,10,15H,3-4,8-9H2;1-2,5-7,9-10H,3-4,8H2;5,7H,3-4,6H2,1-2H3;3,6,9H,1-2,4-5H2;1-4,9-10H. The monoisotopic (exact) mass is 1250 g/mol. The molecule has 0 bridgehead atoms. The fraction of sp³-hybridized carbons (Fsp3) is 0.381. The minimum Gasteiger partial charge on any atom is -0.423 e. The molecule has 5 aliphatic carbocycles. The quantitative estimate of drug-likeness (QED) is 0.0281. The maximum Gasteiger partial charge on any atom is 0.491 e. The number of carbonyl (C=O) groups is 2. The third kappa shape index (κ3) is 20.6. The molecule has 10 rings (SSSR count). The molecular formula is C63H74BBr2F4N3O6S. The SMILES string of the molecule is CN(C)C(=O)CC1CCC=C1Br.Fc1ccccc1C1=CCCC1Cc1c[nH]c(=S)[nH]1.O=CCC1CCC=C1c1ccccc1F.OB(O)c1ccccc1F.OCCC1CCC=C1Br.OCCC1CCC=C1c1ccccc1F. The second-order valence-electron chi connectivity index (χ2n) is 20.3. The fourth-order valence-electron chi connectivity index (χ4n) is 10.3. The van der Waals surface area contributed by atoms with Gasteiger partial charge in [0, 0.05) is 74.2 Å². The van der Waals surface area contributed by atoms with E-state index < -0.39 is 12.9 Å². The van der Waals surface area contributed by atoms with Gasteiger partial charge in [-0.25, -0.2) is 17.6 Å². The van der Waals surface area contributed by atoms with Crippen LogP contribution >= 0.6 is 44.1 Å². The van der Waals surface area contributed by atoms with Gasteiger partial charge in [0.1, 0.15) is 29.6 Å². The Bertz CT molecular complexity index is 2980. The highest BCUT2D eigenvalue weighted by Gasteiger charge is 2.26. The Balaban J connectivity index is 0.000000180. The lowest BCUT2D eigenvalue weighted by atomic mass is 9.80. The van der Waals surface area contributed by atoms with E-state index in [2.05, 4.69) is 66.1 Å². The Hall–Kier alpha value is -5.27. The summed E-state index contributed by atoms with van der Waals surface area (Å²) in [5.41, 5.74) is 6.28. The van der Waals surface area contributed by atoms with Crippen LogP contribution in [0.4, 0.5) is 17.6 Å². The van der Waals surface area contributed by atoms with Crippen LogP contribution in [0.5, 0.6) is 0 Å². The number of nitrogens with zero attached hydrogens (tertiary/aromatic N) is 1. The van der Waals surface area contributed by atoms with E-state index >= 15 is 0 Å². The van der Waals surface area contributed by atoms with Crippen LogP contribution in [0.1, 0.15) is 112 Å². The van der Waals surface area contributed by atoms with Crippen LogP contribution in [0.15, 0.2) is 143 Å². The van der Waals surface area contributed by atoms with Crippen LogP contribution in [0.2, 0.25) is 0 Å². The Labute approximate surface area is 491 Å². The molecule has 428 valence electrons. The number of aromatic amines is 2. The number of halogens is 6. The number of amides is 1. The summed E-state index contributed by atoms with van der Waals surface area (Å²) >= 11 is 12.0. The molecule has 0 saturated heterocycles. The van der Waals surface area contributed by atoms with Crippen LogP contribution in [-0.4, -0.2) is 81.7 Å². The molecule has 4 aromatic carbocycles. The molecule has 0 fully saturated rings. The van der Waals surface area contributed by atoms with E-state index in [0.717, 1.165) is 105 Å². The highest BCUT2D eigenvalue weighted by atomic mass is 79.9. The summed E-state index contributed by atoms with van der Waals surface area (Å²) in [4.78, 5) is 29.6. The van der Waals surface area contributed by atoms with Crippen molar-refractivity contribution in [2.75, 3.05) is 27.3 Å². The van der Waals surface area contributed by atoms with E-state index in [1.807, 2.05) is 42.6 Å². The van der Waals surface area contributed by atoms with Crippen molar-refractivity contribution in [2.24, 2.45) is 29.6 Å². The van der Waals surface area contributed by atoms with Gasteiger partial charge in [0.05, 0.1) is 0 Å². The fourth-order valence-corrected chi connectivity index (χ4v) is 11.8. The first kappa shape index (κ1) is 65.5.